The summed E-state index contributed by atoms with van der Waals surface area (Å²) in [4.78, 5) is 32.6. The van der Waals surface area contributed by atoms with Gasteiger partial charge in [0.15, 0.2) is 0 Å². The molecule has 8 nitrogen and oxygen atoms in total. The van der Waals surface area contributed by atoms with Crippen LogP contribution in [0.3, 0.4) is 0 Å². The minimum absolute atomic E-state index is 0.0871. The molecule has 1 saturated heterocycles. The first-order chi connectivity index (χ1) is 19.5. The number of piperidine rings is 1. The molecule has 0 radical (unpaired) electrons. The van der Waals surface area contributed by atoms with Crippen LogP contribution in [0, 0.1) is 11.2 Å². The molecule has 0 unspecified atom stereocenters. The van der Waals surface area contributed by atoms with Gasteiger partial charge in [0, 0.05) is 31.5 Å². The predicted octanol–water partition coefficient (Wildman–Crippen LogP) is 5.12. The first kappa shape index (κ1) is 27.8. The van der Waals surface area contributed by atoms with Crippen molar-refractivity contribution < 1.29 is 23.2 Å². The number of carbonyl (C=O) groups is 2. The number of hydrogen-bond acceptors (Lipinski definition) is 6. The van der Waals surface area contributed by atoms with Gasteiger partial charge in [0.1, 0.15) is 18.2 Å². The van der Waals surface area contributed by atoms with Crippen molar-refractivity contribution in [1.29, 1.82) is 0 Å². The van der Waals surface area contributed by atoms with Gasteiger partial charge in [-0.1, -0.05) is 36.2 Å². The minimum atomic E-state index is -0.432. The summed E-state index contributed by atoms with van der Waals surface area (Å²) in [5.41, 5.74) is 1.47. The van der Waals surface area contributed by atoms with Gasteiger partial charge in [-0.25, -0.2) is 4.39 Å². The Hall–Kier alpha value is -3.75. The lowest BCUT2D eigenvalue weighted by Crippen LogP contribution is -2.50. The Kier molecular flexibility index (Phi) is 9.08. The molecule has 212 valence electrons. The number of rotatable bonds is 5. The number of fused-ring (bicyclic) bond motifs is 1. The largest absolute Gasteiger partial charge is 0.491 e. The highest BCUT2D eigenvalue weighted by atomic mass is 19.1. The number of hydrogen-bond donors (Lipinski definition) is 1. The van der Waals surface area contributed by atoms with Crippen molar-refractivity contribution in [3.05, 3.63) is 65.8 Å². The molecule has 3 heterocycles. The Morgan fingerprint density at radius 2 is 1.82 bits per heavy atom. The Labute approximate surface area is 234 Å². The van der Waals surface area contributed by atoms with Gasteiger partial charge in [-0.15, -0.1) is 0 Å². The normalized spacial score (nSPS) is 18.0. The lowest BCUT2D eigenvalue weighted by Gasteiger charge is -2.41. The summed E-state index contributed by atoms with van der Waals surface area (Å²) >= 11 is 0. The maximum absolute atomic E-state index is 13.4. The Morgan fingerprint density at radius 1 is 1.02 bits per heavy atom. The molecule has 1 spiro atoms. The van der Waals surface area contributed by atoms with E-state index in [4.69, 9.17) is 9.26 Å². The van der Waals surface area contributed by atoms with Crippen molar-refractivity contribution >= 4 is 11.8 Å². The second-order valence-electron chi connectivity index (χ2n) is 10.8. The van der Waals surface area contributed by atoms with Gasteiger partial charge in [0.25, 0.3) is 0 Å². The van der Waals surface area contributed by atoms with E-state index >= 15 is 0 Å². The van der Waals surface area contributed by atoms with Crippen LogP contribution in [0.2, 0.25) is 0 Å². The van der Waals surface area contributed by atoms with E-state index in [0.717, 1.165) is 37.9 Å². The van der Waals surface area contributed by atoms with Crippen molar-refractivity contribution in [3.63, 3.8) is 0 Å². The zero-order valence-corrected chi connectivity index (χ0v) is 22.9. The van der Waals surface area contributed by atoms with Crippen LogP contribution < -0.4 is 10.1 Å². The molecule has 2 aliphatic rings. The first-order valence-corrected chi connectivity index (χ1v) is 14.4. The van der Waals surface area contributed by atoms with Crippen molar-refractivity contribution in [2.45, 2.75) is 64.2 Å². The molecule has 2 aliphatic heterocycles. The van der Waals surface area contributed by atoms with Crippen LogP contribution in [0.5, 0.6) is 5.75 Å². The lowest BCUT2D eigenvalue weighted by molar-refractivity contribution is -0.141. The van der Waals surface area contributed by atoms with Gasteiger partial charge in [0.05, 0.1) is 12.0 Å². The molecule has 2 aromatic carbocycles. The third-order valence-electron chi connectivity index (χ3n) is 8.13. The Morgan fingerprint density at radius 3 is 2.65 bits per heavy atom. The highest BCUT2D eigenvalue weighted by Gasteiger charge is 2.41. The van der Waals surface area contributed by atoms with Gasteiger partial charge in [-0.3, -0.25) is 9.59 Å². The van der Waals surface area contributed by atoms with Crippen LogP contribution in [0.4, 0.5) is 4.39 Å². The fraction of sp³-hybridized carbons (Fsp3) is 0.484. The highest BCUT2D eigenvalue weighted by molar-refractivity contribution is 5.83. The molecule has 0 aliphatic carbocycles. The summed E-state index contributed by atoms with van der Waals surface area (Å²) in [7, 11) is 0. The summed E-state index contributed by atoms with van der Waals surface area (Å²) in [5, 5.41) is 7.08. The standard InChI is InChI=1S/C31H37FN4O4/c32-25-14-12-24(13-15-25)29-34-27(40-35-29)10-6-11-28(37)36-20-17-31(18-21-36)16-5-1-2-7-23-8-3-4-9-26(23)39-22-19-33-30(31)38/h3-4,8-9,12-15H,1-2,5-7,10-11,16-22H2,(H,33,38). The lowest BCUT2D eigenvalue weighted by atomic mass is 9.73. The molecule has 9 heteroatoms. The molecule has 0 bridgehead atoms. The van der Waals surface area contributed by atoms with Crippen LogP contribution in [0.15, 0.2) is 53.1 Å². The van der Waals surface area contributed by atoms with Gasteiger partial charge < -0.3 is 19.5 Å². The van der Waals surface area contributed by atoms with E-state index in [1.165, 1.54) is 17.7 Å². The molecule has 1 N–H and O–H groups in total. The summed E-state index contributed by atoms with van der Waals surface area (Å²) < 4.78 is 24.4. The molecule has 2 amide bonds. The monoisotopic (exact) mass is 548 g/mol. The smallest absolute Gasteiger partial charge is 0.226 e. The number of amides is 2. The number of benzene rings is 2. The fourth-order valence-corrected chi connectivity index (χ4v) is 5.72. The van der Waals surface area contributed by atoms with Crippen LogP contribution >= 0.6 is 0 Å². The van der Waals surface area contributed by atoms with Crippen LogP contribution in [-0.4, -0.2) is 53.1 Å². The second-order valence-corrected chi connectivity index (χ2v) is 10.8. The highest BCUT2D eigenvalue weighted by Crippen LogP contribution is 2.38. The maximum atomic E-state index is 13.4. The van der Waals surface area contributed by atoms with Gasteiger partial charge in [0.2, 0.25) is 23.5 Å². The second kappa shape index (κ2) is 13.1. The molecule has 3 aromatic rings. The number of likely N-dealkylation sites (tertiary alicyclic amines) is 1. The molecular weight excluding hydrogens is 511 g/mol. The Bertz CT molecular complexity index is 1280. The summed E-state index contributed by atoms with van der Waals surface area (Å²) in [6, 6.07) is 14.1. The van der Waals surface area contributed by atoms with Crippen molar-refractivity contribution in [1.82, 2.24) is 20.4 Å². The predicted molar refractivity (Wildman–Crippen MR) is 148 cm³/mol. The number of nitrogens with one attached hydrogen (secondary N) is 1. The molecule has 0 saturated carbocycles. The fourth-order valence-electron chi connectivity index (χ4n) is 5.72. The molecule has 5 rings (SSSR count). The van der Waals surface area contributed by atoms with Gasteiger partial charge in [-0.2, -0.15) is 4.98 Å². The number of nitrogens with zero attached hydrogens (tertiary/aromatic N) is 3. The van der Waals surface area contributed by atoms with E-state index in [-0.39, 0.29) is 17.6 Å². The van der Waals surface area contributed by atoms with Gasteiger partial charge in [-0.05, 0) is 74.4 Å². The molecule has 1 aromatic heterocycles. The SMILES string of the molecule is O=C(CCCc1nc(-c2ccc(F)cc2)no1)N1CCC2(CCCCCc3ccccc3OCCNC2=O)CC1. The summed E-state index contributed by atoms with van der Waals surface area (Å²) in [6.45, 7) is 2.08. The van der Waals surface area contributed by atoms with Crippen LogP contribution in [0.1, 0.15) is 62.8 Å². The molecular formula is C31H37FN4O4. The van der Waals surface area contributed by atoms with E-state index in [0.29, 0.717) is 75.6 Å². The maximum Gasteiger partial charge on any atom is 0.226 e. The molecule has 1 fully saturated rings. The minimum Gasteiger partial charge on any atom is -0.491 e. The van der Waals surface area contributed by atoms with E-state index in [9.17, 15) is 14.0 Å². The number of ether oxygens (including phenoxy) is 1. The zero-order chi connectivity index (χ0) is 27.8. The molecule has 0 atom stereocenters. The zero-order valence-electron chi connectivity index (χ0n) is 22.9. The van der Waals surface area contributed by atoms with Crippen molar-refractivity contribution in [3.8, 4) is 17.1 Å². The third kappa shape index (κ3) is 6.87. The topological polar surface area (TPSA) is 97.6 Å². The van der Waals surface area contributed by atoms with E-state index in [1.807, 2.05) is 23.1 Å². The average molecular weight is 549 g/mol. The van der Waals surface area contributed by atoms with E-state index in [2.05, 4.69) is 21.5 Å². The molecule has 40 heavy (non-hydrogen) atoms. The number of aromatic nitrogens is 2. The van der Waals surface area contributed by atoms with Crippen molar-refractivity contribution in [2.24, 2.45) is 5.41 Å². The average Bonchev–Trinajstić information content (AvgIpc) is 3.45. The van der Waals surface area contributed by atoms with Crippen LogP contribution in [-0.2, 0) is 22.4 Å². The number of para-hydroxylation sites is 1. The first-order valence-electron chi connectivity index (χ1n) is 14.4. The number of carbonyl (C=O) groups excluding carboxylic acids is 2. The van der Waals surface area contributed by atoms with Crippen molar-refractivity contribution in [2.75, 3.05) is 26.2 Å². The summed E-state index contributed by atoms with van der Waals surface area (Å²) in [5.74, 6) is 1.62. The third-order valence-corrected chi connectivity index (χ3v) is 8.13. The van der Waals surface area contributed by atoms with Gasteiger partial charge >= 0.3 is 0 Å². The van der Waals surface area contributed by atoms with E-state index in [1.54, 1.807) is 12.1 Å². The van der Waals surface area contributed by atoms with E-state index < -0.39 is 5.41 Å². The number of halogens is 1. The van der Waals surface area contributed by atoms with Crippen LogP contribution in [0.25, 0.3) is 11.4 Å². The number of aryl methyl sites for hydroxylation is 2. The quantitative estimate of drug-likeness (QED) is 0.476. The summed E-state index contributed by atoms with van der Waals surface area (Å²) in [6.07, 6.45) is 7.76. The Balaban J connectivity index is 1.10.